The van der Waals surface area contributed by atoms with E-state index in [1.54, 1.807) is 6.07 Å². The molecule has 3 atom stereocenters. The van der Waals surface area contributed by atoms with Gasteiger partial charge < -0.3 is 10.6 Å². The lowest BCUT2D eigenvalue weighted by atomic mass is 9.65. The number of amides is 1. The number of rotatable bonds is 3. The molecule has 3 rings (SSSR count). The van der Waals surface area contributed by atoms with Crippen molar-refractivity contribution in [3.63, 3.8) is 0 Å². The molecule has 0 heterocycles. The molecule has 1 aromatic carbocycles. The van der Waals surface area contributed by atoms with Gasteiger partial charge in [0.1, 0.15) is 11.4 Å². The van der Waals surface area contributed by atoms with Gasteiger partial charge in [-0.3, -0.25) is 4.79 Å². The van der Waals surface area contributed by atoms with Crippen LogP contribution in [0.5, 0.6) is 0 Å². The smallest absolute Gasteiger partial charge is 0.253 e. The lowest BCUT2D eigenvalue weighted by Gasteiger charge is -2.44. The summed E-state index contributed by atoms with van der Waals surface area (Å²) in [5.41, 5.74) is -0.0412. The SMILES string of the molecule is CNC(=O)c1ccc(N[C@]2(C#N)CC[C@@H]3CCCC[C@@H]3C2)cc1F. The quantitative estimate of drug-likeness (QED) is 0.885. The summed E-state index contributed by atoms with van der Waals surface area (Å²) in [4.78, 5) is 11.6. The number of nitrogens with one attached hydrogen (secondary N) is 2. The Balaban J connectivity index is 1.77. The maximum atomic E-state index is 14.2. The molecule has 2 saturated carbocycles. The molecular weight excluding hydrogens is 305 g/mol. The molecule has 2 fully saturated rings. The number of carbonyl (C=O) groups excluding carboxylic acids is 1. The lowest BCUT2D eigenvalue weighted by molar-refractivity contribution is 0.0959. The molecular formula is C19H24FN3O. The second kappa shape index (κ2) is 6.80. The number of nitriles is 1. The Bertz CT molecular complexity index is 669. The van der Waals surface area contributed by atoms with Gasteiger partial charge in [0.2, 0.25) is 0 Å². The van der Waals surface area contributed by atoms with E-state index >= 15 is 0 Å². The van der Waals surface area contributed by atoms with Gasteiger partial charge in [0.15, 0.2) is 0 Å². The van der Waals surface area contributed by atoms with Crippen LogP contribution in [0.25, 0.3) is 0 Å². The second-order valence-corrected chi connectivity index (χ2v) is 7.14. The molecule has 2 aliphatic carbocycles. The first-order valence-corrected chi connectivity index (χ1v) is 8.78. The zero-order chi connectivity index (χ0) is 17.2. The van der Waals surface area contributed by atoms with E-state index in [0.717, 1.165) is 25.2 Å². The highest BCUT2D eigenvalue weighted by Gasteiger charge is 2.42. The lowest BCUT2D eigenvalue weighted by Crippen LogP contribution is -2.45. The van der Waals surface area contributed by atoms with Crippen LogP contribution in [0, 0.1) is 29.0 Å². The minimum Gasteiger partial charge on any atom is -0.367 e. The zero-order valence-electron chi connectivity index (χ0n) is 14.1. The van der Waals surface area contributed by atoms with Crippen LogP contribution in [0.2, 0.25) is 0 Å². The molecule has 0 aromatic heterocycles. The van der Waals surface area contributed by atoms with Crippen LogP contribution in [-0.2, 0) is 0 Å². The number of hydrogen-bond donors (Lipinski definition) is 2. The van der Waals surface area contributed by atoms with E-state index in [4.69, 9.17) is 0 Å². The van der Waals surface area contributed by atoms with E-state index < -0.39 is 17.3 Å². The zero-order valence-corrected chi connectivity index (χ0v) is 14.1. The maximum Gasteiger partial charge on any atom is 0.253 e. The van der Waals surface area contributed by atoms with Crippen molar-refractivity contribution in [2.24, 2.45) is 11.8 Å². The van der Waals surface area contributed by atoms with Crippen LogP contribution >= 0.6 is 0 Å². The predicted octanol–water partition coefficient (Wildman–Crippen LogP) is 3.85. The summed E-state index contributed by atoms with van der Waals surface area (Å²) in [5, 5.41) is 15.5. The molecule has 1 aromatic rings. The van der Waals surface area contributed by atoms with Crippen LogP contribution in [0.4, 0.5) is 10.1 Å². The Morgan fingerprint density at radius 1 is 1.29 bits per heavy atom. The van der Waals surface area contributed by atoms with E-state index in [2.05, 4.69) is 16.7 Å². The summed E-state index contributed by atoms with van der Waals surface area (Å²) in [5.74, 6) is 0.319. The predicted molar refractivity (Wildman–Crippen MR) is 91.1 cm³/mol. The van der Waals surface area contributed by atoms with Crippen molar-refractivity contribution in [3.8, 4) is 6.07 Å². The maximum absolute atomic E-state index is 14.2. The minimum absolute atomic E-state index is 0.0186. The van der Waals surface area contributed by atoms with E-state index in [1.165, 1.54) is 44.9 Å². The highest BCUT2D eigenvalue weighted by atomic mass is 19.1. The van der Waals surface area contributed by atoms with E-state index in [-0.39, 0.29) is 5.56 Å². The van der Waals surface area contributed by atoms with Gasteiger partial charge >= 0.3 is 0 Å². The molecule has 2 aliphatic rings. The van der Waals surface area contributed by atoms with Crippen molar-refractivity contribution in [2.45, 2.75) is 50.5 Å². The summed E-state index contributed by atoms with van der Waals surface area (Å²) in [6, 6.07) is 6.92. The fourth-order valence-corrected chi connectivity index (χ4v) is 4.35. The summed E-state index contributed by atoms with van der Waals surface area (Å²) >= 11 is 0. The number of anilines is 1. The topological polar surface area (TPSA) is 64.9 Å². The van der Waals surface area contributed by atoms with Crippen LogP contribution in [0.1, 0.15) is 55.3 Å². The Morgan fingerprint density at radius 3 is 2.71 bits per heavy atom. The van der Waals surface area contributed by atoms with Crippen molar-refractivity contribution in [1.82, 2.24) is 5.32 Å². The average molecular weight is 329 g/mol. The van der Waals surface area contributed by atoms with Gasteiger partial charge in [-0.1, -0.05) is 25.7 Å². The monoisotopic (exact) mass is 329 g/mol. The standard InChI is InChI=1S/C19H24FN3O/c1-22-18(24)16-7-6-15(10-17(16)20)23-19(12-21)9-8-13-4-2-3-5-14(13)11-19/h6-7,10,13-14,23H,2-5,8-9,11H2,1H3,(H,22,24)/t13-,14+,19+/m0/s1. The van der Waals surface area contributed by atoms with E-state index in [1.807, 2.05) is 0 Å². The third-order valence-corrected chi connectivity index (χ3v) is 5.66. The van der Waals surface area contributed by atoms with Crippen LogP contribution in [-0.4, -0.2) is 18.5 Å². The molecule has 5 heteroatoms. The highest BCUT2D eigenvalue weighted by molar-refractivity contribution is 5.94. The van der Waals surface area contributed by atoms with Gasteiger partial charge in [-0.2, -0.15) is 5.26 Å². The third kappa shape index (κ3) is 3.24. The van der Waals surface area contributed by atoms with E-state index in [0.29, 0.717) is 11.6 Å². The molecule has 0 saturated heterocycles. The Morgan fingerprint density at radius 2 is 2.04 bits per heavy atom. The fourth-order valence-electron chi connectivity index (χ4n) is 4.35. The Labute approximate surface area is 142 Å². The normalized spacial score (nSPS) is 29.2. The van der Waals surface area contributed by atoms with Gasteiger partial charge in [0.25, 0.3) is 5.91 Å². The second-order valence-electron chi connectivity index (χ2n) is 7.14. The molecule has 4 nitrogen and oxygen atoms in total. The molecule has 24 heavy (non-hydrogen) atoms. The summed E-state index contributed by atoms with van der Waals surface area (Å²) in [7, 11) is 1.47. The van der Waals surface area contributed by atoms with E-state index in [9.17, 15) is 14.4 Å². The molecule has 0 aliphatic heterocycles. The Hall–Kier alpha value is -2.09. The number of benzene rings is 1. The first-order valence-electron chi connectivity index (χ1n) is 8.78. The minimum atomic E-state index is -0.626. The van der Waals surface area contributed by atoms with Crippen molar-refractivity contribution in [2.75, 3.05) is 12.4 Å². The van der Waals surface area contributed by atoms with Gasteiger partial charge in [-0.05, 0) is 49.3 Å². The summed E-state index contributed by atoms with van der Waals surface area (Å²) in [6.45, 7) is 0. The number of nitrogens with zero attached hydrogens (tertiary/aromatic N) is 1. The number of halogens is 1. The summed E-state index contributed by atoms with van der Waals surface area (Å²) < 4.78 is 14.2. The van der Waals surface area contributed by atoms with Gasteiger partial charge in [-0.15, -0.1) is 0 Å². The number of carbonyl (C=O) groups is 1. The number of fused-ring (bicyclic) bond motifs is 1. The van der Waals surface area contributed by atoms with Crippen molar-refractivity contribution in [1.29, 1.82) is 5.26 Å². The largest absolute Gasteiger partial charge is 0.367 e. The molecule has 0 spiro atoms. The fraction of sp³-hybridized carbons (Fsp3) is 0.579. The van der Waals surface area contributed by atoms with Crippen LogP contribution < -0.4 is 10.6 Å². The molecule has 128 valence electrons. The molecule has 1 amide bonds. The van der Waals surface area contributed by atoms with Crippen molar-refractivity contribution < 1.29 is 9.18 Å². The highest BCUT2D eigenvalue weighted by Crippen LogP contribution is 2.45. The van der Waals surface area contributed by atoms with Gasteiger partial charge in [-0.25, -0.2) is 4.39 Å². The number of hydrogen-bond acceptors (Lipinski definition) is 3. The Kier molecular flexibility index (Phi) is 4.75. The van der Waals surface area contributed by atoms with Crippen molar-refractivity contribution in [3.05, 3.63) is 29.6 Å². The molecule has 2 N–H and O–H groups in total. The molecule has 0 radical (unpaired) electrons. The molecule has 0 unspecified atom stereocenters. The van der Waals surface area contributed by atoms with Crippen LogP contribution in [0.3, 0.4) is 0 Å². The summed E-state index contributed by atoms with van der Waals surface area (Å²) in [6.07, 6.45) is 7.71. The third-order valence-electron chi connectivity index (χ3n) is 5.66. The van der Waals surface area contributed by atoms with Gasteiger partial charge in [0, 0.05) is 12.7 Å². The van der Waals surface area contributed by atoms with Crippen molar-refractivity contribution >= 4 is 11.6 Å². The average Bonchev–Trinajstić information content (AvgIpc) is 2.61. The first-order chi connectivity index (χ1) is 11.6. The molecule has 0 bridgehead atoms. The van der Waals surface area contributed by atoms with Gasteiger partial charge in [0.05, 0.1) is 11.6 Å². The van der Waals surface area contributed by atoms with Crippen LogP contribution in [0.15, 0.2) is 18.2 Å². The first kappa shape index (κ1) is 16.8.